The Balaban J connectivity index is 1.97. The van der Waals surface area contributed by atoms with Gasteiger partial charge in [0.05, 0.1) is 11.4 Å². The van der Waals surface area contributed by atoms with Gasteiger partial charge in [0.15, 0.2) is 0 Å². The first kappa shape index (κ1) is 13.9. The smallest absolute Gasteiger partial charge is 0.227 e. The number of nitrogens with two attached hydrogens (primary N) is 1. The largest absolute Gasteiger partial charge is 0.393 e. The highest BCUT2D eigenvalue weighted by Gasteiger charge is 2.32. The van der Waals surface area contributed by atoms with E-state index in [0.717, 1.165) is 12.8 Å². The second-order valence-electron chi connectivity index (χ2n) is 4.84. The quantitative estimate of drug-likeness (QED) is 0.811. The maximum absolute atomic E-state index is 13.1. The number of halogens is 1. The van der Waals surface area contributed by atoms with Gasteiger partial charge in [-0.25, -0.2) is 4.39 Å². The summed E-state index contributed by atoms with van der Waals surface area (Å²) >= 11 is 4.84. The molecule has 5 heteroatoms. The first-order valence-corrected chi connectivity index (χ1v) is 6.79. The average molecular weight is 280 g/mol. The van der Waals surface area contributed by atoms with Crippen molar-refractivity contribution in [3.63, 3.8) is 0 Å². The summed E-state index contributed by atoms with van der Waals surface area (Å²) in [5.74, 6) is -0.296. The molecule has 1 amide bonds. The second kappa shape index (κ2) is 6.10. The van der Waals surface area contributed by atoms with Crippen LogP contribution in [0.4, 0.5) is 4.39 Å². The van der Waals surface area contributed by atoms with Gasteiger partial charge < -0.3 is 10.6 Å². The first-order valence-electron chi connectivity index (χ1n) is 6.38. The van der Waals surface area contributed by atoms with Gasteiger partial charge in [-0.3, -0.25) is 4.79 Å². The minimum absolute atomic E-state index is 0.0179. The zero-order valence-electron chi connectivity index (χ0n) is 10.6. The lowest BCUT2D eigenvalue weighted by Crippen LogP contribution is -2.36. The molecule has 0 aliphatic heterocycles. The average Bonchev–Trinajstić information content (AvgIpc) is 3.13. The number of hydrogen-bond donors (Lipinski definition) is 1. The Morgan fingerprint density at radius 2 is 2.21 bits per heavy atom. The van der Waals surface area contributed by atoms with Gasteiger partial charge in [-0.2, -0.15) is 0 Å². The maximum atomic E-state index is 13.1. The van der Waals surface area contributed by atoms with Gasteiger partial charge in [-0.15, -0.1) is 0 Å². The van der Waals surface area contributed by atoms with E-state index in [1.807, 2.05) is 4.90 Å². The molecular formula is C14H17FN2OS. The predicted octanol–water partition coefficient (Wildman–Crippen LogP) is 2.04. The topological polar surface area (TPSA) is 46.3 Å². The van der Waals surface area contributed by atoms with Crippen LogP contribution in [0.15, 0.2) is 24.3 Å². The second-order valence-corrected chi connectivity index (χ2v) is 5.37. The molecule has 3 nitrogen and oxygen atoms in total. The van der Waals surface area contributed by atoms with E-state index >= 15 is 0 Å². The third kappa shape index (κ3) is 4.28. The van der Waals surface area contributed by atoms with Crippen molar-refractivity contribution >= 4 is 23.1 Å². The standard InChI is InChI=1S/C14H17FN2OS/c15-11-3-1-2-10(8-11)9-14(18)17(12-4-5-12)7-6-13(16)19/h1-3,8,12H,4-7,9H2,(H2,16,19). The van der Waals surface area contributed by atoms with Crippen molar-refractivity contribution < 1.29 is 9.18 Å². The summed E-state index contributed by atoms with van der Waals surface area (Å²) in [4.78, 5) is 14.5. The van der Waals surface area contributed by atoms with Crippen molar-refractivity contribution in [1.82, 2.24) is 4.90 Å². The molecule has 1 aliphatic carbocycles. The van der Waals surface area contributed by atoms with E-state index < -0.39 is 0 Å². The normalized spacial score (nSPS) is 14.2. The Morgan fingerprint density at radius 1 is 1.47 bits per heavy atom. The summed E-state index contributed by atoms with van der Waals surface area (Å²) in [7, 11) is 0. The van der Waals surface area contributed by atoms with Crippen LogP contribution >= 0.6 is 12.2 Å². The van der Waals surface area contributed by atoms with Gasteiger partial charge in [0.2, 0.25) is 5.91 Å². The van der Waals surface area contributed by atoms with E-state index in [1.165, 1.54) is 12.1 Å². The molecule has 1 aliphatic rings. The van der Waals surface area contributed by atoms with E-state index in [4.69, 9.17) is 18.0 Å². The minimum Gasteiger partial charge on any atom is -0.393 e. The lowest BCUT2D eigenvalue weighted by atomic mass is 10.1. The molecule has 0 heterocycles. The number of hydrogen-bond acceptors (Lipinski definition) is 2. The summed E-state index contributed by atoms with van der Waals surface area (Å²) in [6.07, 6.45) is 2.84. The van der Waals surface area contributed by atoms with Crippen molar-refractivity contribution in [3.8, 4) is 0 Å². The van der Waals surface area contributed by atoms with Gasteiger partial charge in [0, 0.05) is 19.0 Å². The van der Waals surface area contributed by atoms with Gasteiger partial charge in [0.1, 0.15) is 5.82 Å². The summed E-state index contributed by atoms with van der Waals surface area (Å²) in [5.41, 5.74) is 6.18. The summed E-state index contributed by atoms with van der Waals surface area (Å²) in [6, 6.07) is 6.47. The van der Waals surface area contributed by atoms with Crippen LogP contribution in [0, 0.1) is 5.82 Å². The van der Waals surface area contributed by atoms with Crippen LogP contribution in [0.5, 0.6) is 0 Å². The zero-order chi connectivity index (χ0) is 13.8. The van der Waals surface area contributed by atoms with Gasteiger partial charge in [0.25, 0.3) is 0 Å². The van der Waals surface area contributed by atoms with E-state index in [0.29, 0.717) is 29.6 Å². The lowest BCUT2D eigenvalue weighted by Gasteiger charge is -2.22. The van der Waals surface area contributed by atoms with Crippen LogP contribution < -0.4 is 5.73 Å². The highest BCUT2D eigenvalue weighted by atomic mass is 32.1. The van der Waals surface area contributed by atoms with E-state index in [-0.39, 0.29) is 18.1 Å². The summed E-state index contributed by atoms with van der Waals surface area (Å²) in [5, 5.41) is 0. The number of benzene rings is 1. The van der Waals surface area contributed by atoms with E-state index in [1.54, 1.807) is 12.1 Å². The first-order chi connectivity index (χ1) is 9.06. The molecule has 1 aromatic rings. The van der Waals surface area contributed by atoms with Gasteiger partial charge in [-0.05, 0) is 30.5 Å². The van der Waals surface area contributed by atoms with E-state index in [2.05, 4.69) is 0 Å². The maximum Gasteiger partial charge on any atom is 0.227 e. The molecule has 0 radical (unpaired) electrons. The molecule has 1 saturated carbocycles. The number of amides is 1. The van der Waals surface area contributed by atoms with Crippen LogP contribution in [0.1, 0.15) is 24.8 Å². The molecule has 1 aromatic carbocycles. The third-order valence-electron chi connectivity index (χ3n) is 3.15. The Labute approximate surface area is 117 Å². The SMILES string of the molecule is NC(=S)CCN(C(=O)Cc1cccc(F)c1)C1CC1. The molecular weight excluding hydrogens is 263 g/mol. The molecule has 102 valence electrons. The van der Waals surface area contributed by atoms with Crippen LogP contribution in [0.2, 0.25) is 0 Å². The fraction of sp³-hybridized carbons (Fsp3) is 0.429. The highest BCUT2D eigenvalue weighted by Crippen LogP contribution is 2.27. The number of thiocarbonyl (C=S) groups is 1. The van der Waals surface area contributed by atoms with Crippen molar-refractivity contribution in [3.05, 3.63) is 35.6 Å². The zero-order valence-corrected chi connectivity index (χ0v) is 11.5. The molecule has 0 unspecified atom stereocenters. The molecule has 0 saturated heterocycles. The Bertz CT molecular complexity index is 488. The Kier molecular flexibility index (Phi) is 4.47. The van der Waals surface area contributed by atoms with Crippen molar-refractivity contribution in [2.45, 2.75) is 31.7 Å². The van der Waals surface area contributed by atoms with Crippen LogP contribution in [-0.2, 0) is 11.2 Å². The summed E-state index contributed by atoms with van der Waals surface area (Å²) < 4.78 is 13.1. The Morgan fingerprint density at radius 3 is 2.79 bits per heavy atom. The molecule has 2 rings (SSSR count). The molecule has 2 N–H and O–H groups in total. The summed E-state index contributed by atoms with van der Waals surface area (Å²) in [6.45, 7) is 0.564. The predicted molar refractivity (Wildman–Crippen MR) is 76.2 cm³/mol. The third-order valence-corrected chi connectivity index (χ3v) is 3.36. The lowest BCUT2D eigenvalue weighted by molar-refractivity contribution is -0.130. The van der Waals surface area contributed by atoms with Crippen molar-refractivity contribution in [2.75, 3.05) is 6.54 Å². The monoisotopic (exact) mass is 280 g/mol. The van der Waals surface area contributed by atoms with Gasteiger partial charge >= 0.3 is 0 Å². The van der Waals surface area contributed by atoms with Crippen LogP contribution in [-0.4, -0.2) is 28.4 Å². The molecule has 0 atom stereocenters. The minimum atomic E-state index is -0.314. The van der Waals surface area contributed by atoms with Crippen molar-refractivity contribution in [1.29, 1.82) is 0 Å². The number of nitrogens with zero attached hydrogens (tertiary/aromatic N) is 1. The van der Waals surface area contributed by atoms with E-state index in [9.17, 15) is 9.18 Å². The van der Waals surface area contributed by atoms with Crippen LogP contribution in [0.25, 0.3) is 0 Å². The molecule has 0 aromatic heterocycles. The highest BCUT2D eigenvalue weighted by molar-refractivity contribution is 7.80. The fourth-order valence-electron chi connectivity index (χ4n) is 2.05. The number of carbonyl (C=O) groups excluding carboxylic acids is 1. The Hall–Kier alpha value is -1.49. The molecule has 1 fully saturated rings. The number of carbonyl (C=O) groups is 1. The fourth-order valence-corrected chi connectivity index (χ4v) is 2.14. The van der Waals surface area contributed by atoms with Crippen molar-refractivity contribution in [2.24, 2.45) is 5.73 Å². The molecule has 0 spiro atoms. The van der Waals surface area contributed by atoms with Crippen LogP contribution in [0.3, 0.4) is 0 Å². The van der Waals surface area contributed by atoms with Gasteiger partial charge in [-0.1, -0.05) is 24.4 Å². The molecule has 0 bridgehead atoms. The molecule has 19 heavy (non-hydrogen) atoms. The number of rotatable bonds is 6.